The van der Waals surface area contributed by atoms with Crippen LogP contribution in [0.2, 0.25) is 0 Å². The zero-order chi connectivity index (χ0) is 20.1. The third kappa shape index (κ3) is 4.83. The molecule has 0 saturated carbocycles. The summed E-state index contributed by atoms with van der Waals surface area (Å²) in [5, 5.41) is 30.0. The van der Waals surface area contributed by atoms with Gasteiger partial charge in [-0.1, -0.05) is 17.3 Å². The van der Waals surface area contributed by atoms with E-state index in [-0.39, 0.29) is 30.2 Å². The molecule has 1 atom stereocenters. The summed E-state index contributed by atoms with van der Waals surface area (Å²) in [5.41, 5.74) is 6.78. The van der Waals surface area contributed by atoms with Gasteiger partial charge in [0.05, 0.1) is 17.2 Å². The van der Waals surface area contributed by atoms with Crippen LogP contribution in [0.4, 0.5) is 0 Å². The van der Waals surface area contributed by atoms with Crippen LogP contribution in [0.15, 0.2) is 24.4 Å². The Kier molecular flexibility index (Phi) is 6.55. The van der Waals surface area contributed by atoms with Crippen LogP contribution in [-0.2, 0) is 23.5 Å². The van der Waals surface area contributed by atoms with Crippen LogP contribution in [-0.4, -0.2) is 62.4 Å². The van der Waals surface area contributed by atoms with Crippen molar-refractivity contribution < 1.29 is 24.4 Å². The fourth-order valence-corrected chi connectivity index (χ4v) is 3.51. The highest BCUT2D eigenvalue weighted by Crippen LogP contribution is 2.30. The molecule has 1 aromatic carbocycles. The molecule has 0 bridgehead atoms. The predicted octanol–water partition coefficient (Wildman–Crippen LogP) is -0.692. The number of aromatic nitrogens is 3. The molecule has 10 nitrogen and oxygen atoms in total. The van der Waals surface area contributed by atoms with Crippen molar-refractivity contribution in [1.82, 2.24) is 20.3 Å². The van der Waals surface area contributed by atoms with E-state index in [1.165, 1.54) is 10.7 Å². The molecule has 0 aliphatic carbocycles. The Bertz CT molecular complexity index is 864. The molecular weight excluding hydrogens is 385 g/mol. The quantitative estimate of drug-likeness (QED) is 0.330. The molecule has 2 heterocycles. The molecule has 1 aliphatic heterocycles. The summed E-state index contributed by atoms with van der Waals surface area (Å²) in [7, 11) is -1.35. The van der Waals surface area contributed by atoms with Gasteiger partial charge in [-0.15, -0.1) is 5.10 Å². The van der Waals surface area contributed by atoms with Crippen LogP contribution in [0.3, 0.4) is 0 Å². The molecule has 148 valence electrons. The molecule has 12 heteroatoms. The minimum atomic E-state index is -1.35. The minimum Gasteiger partial charge on any atom is -0.534 e. The number of rotatable bonds is 8. The third-order valence-electron chi connectivity index (χ3n) is 4.10. The van der Waals surface area contributed by atoms with Crippen molar-refractivity contribution in [2.24, 2.45) is 5.73 Å². The summed E-state index contributed by atoms with van der Waals surface area (Å²) in [6.07, 6.45) is 1.94. The number of nitrogens with one attached hydrogen (secondary N) is 1. The minimum absolute atomic E-state index is 0.0241. The van der Waals surface area contributed by atoms with Crippen molar-refractivity contribution >= 4 is 30.8 Å². The molecule has 1 unspecified atom stereocenters. The molecule has 0 spiro atoms. The van der Waals surface area contributed by atoms with E-state index in [1.807, 2.05) is 0 Å². The molecule has 28 heavy (non-hydrogen) atoms. The predicted molar refractivity (Wildman–Crippen MR) is 103 cm³/mol. The van der Waals surface area contributed by atoms with Crippen molar-refractivity contribution in [1.29, 1.82) is 0 Å². The number of nitrogens with zero attached hydrogens (tertiary/aromatic N) is 3. The van der Waals surface area contributed by atoms with Crippen LogP contribution in [0.5, 0.6) is 5.75 Å². The fourth-order valence-electron chi connectivity index (χ4n) is 2.86. The first-order valence-corrected chi connectivity index (χ1v) is 9.79. The lowest BCUT2D eigenvalue weighted by Crippen LogP contribution is -2.53. The van der Waals surface area contributed by atoms with E-state index >= 15 is 0 Å². The van der Waals surface area contributed by atoms with E-state index in [2.05, 4.69) is 15.6 Å². The number of amides is 1. The number of hydrogen-bond donors (Lipinski definition) is 4. The van der Waals surface area contributed by atoms with Crippen LogP contribution in [0.25, 0.3) is 0 Å². The number of carboxylic acid groups (broad SMARTS) is 1. The Morgan fingerprint density at radius 2 is 2.29 bits per heavy atom. The Balaban J connectivity index is 1.59. The summed E-state index contributed by atoms with van der Waals surface area (Å²) >= 11 is 1.63. The van der Waals surface area contributed by atoms with Crippen LogP contribution < -0.4 is 15.7 Å². The highest BCUT2D eigenvalue weighted by atomic mass is 32.2. The Morgan fingerprint density at radius 3 is 3.04 bits per heavy atom. The number of hydrogen-bond acceptors (Lipinski definition) is 8. The van der Waals surface area contributed by atoms with Gasteiger partial charge < -0.3 is 25.8 Å². The van der Waals surface area contributed by atoms with Gasteiger partial charge in [-0.3, -0.25) is 4.79 Å². The molecule has 2 aromatic rings. The molecule has 0 fully saturated rings. The molecule has 0 saturated heterocycles. The van der Waals surface area contributed by atoms with Crippen LogP contribution >= 0.6 is 11.8 Å². The normalized spacial score (nSPS) is 15.6. The highest BCUT2D eigenvalue weighted by molar-refractivity contribution is 7.98. The maximum Gasteiger partial charge on any atom is 0.547 e. The van der Waals surface area contributed by atoms with Crippen molar-refractivity contribution in [2.75, 3.05) is 12.3 Å². The number of carbonyl (C=O) groups excluding carboxylic acids is 1. The first kappa shape index (κ1) is 20.2. The van der Waals surface area contributed by atoms with Crippen molar-refractivity contribution in [2.45, 2.75) is 24.7 Å². The lowest BCUT2D eigenvalue weighted by atomic mass is 9.72. The van der Waals surface area contributed by atoms with E-state index in [1.54, 1.807) is 30.1 Å². The largest absolute Gasteiger partial charge is 0.547 e. The smallest absolute Gasteiger partial charge is 0.534 e. The molecule has 1 aromatic heterocycles. The molecule has 1 amide bonds. The van der Waals surface area contributed by atoms with Crippen molar-refractivity contribution in [3.8, 4) is 5.75 Å². The van der Waals surface area contributed by atoms with Crippen LogP contribution in [0.1, 0.15) is 21.6 Å². The standard InChI is InChI=1S/C16H20BN5O5S/c18-4-5-28-9-11-7-22(21-20-11)8-14(23)19-13-6-10-2-1-3-12(16(24)25)15(10)27-17(13)26/h1-3,7,13,26H,4-6,8-9,18H2,(H,19,23)(H,24,25). The first-order valence-electron chi connectivity index (χ1n) is 8.64. The molecular formula is C16H20BN5O5S. The summed E-state index contributed by atoms with van der Waals surface area (Å²) in [6, 6.07) is 4.71. The van der Waals surface area contributed by atoms with E-state index < -0.39 is 19.0 Å². The lowest BCUT2D eigenvalue weighted by Gasteiger charge is -2.28. The van der Waals surface area contributed by atoms with Gasteiger partial charge in [-0.05, 0) is 18.1 Å². The number of nitrogens with two attached hydrogens (primary N) is 1. The van der Waals surface area contributed by atoms with Crippen molar-refractivity contribution in [3.63, 3.8) is 0 Å². The summed E-state index contributed by atoms with van der Waals surface area (Å²) in [6.45, 7) is 0.532. The van der Waals surface area contributed by atoms with Gasteiger partial charge >= 0.3 is 13.1 Å². The number of aromatic carboxylic acids is 1. The zero-order valence-electron chi connectivity index (χ0n) is 14.9. The number of benzene rings is 1. The van der Waals surface area contributed by atoms with E-state index in [4.69, 9.17) is 10.4 Å². The van der Waals surface area contributed by atoms with E-state index in [0.717, 1.165) is 11.4 Å². The second-order valence-corrected chi connectivity index (χ2v) is 7.34. The molecule has 1 aliphatic rings. The Labute approximate surface area is 165 Å². The van der Waals surface area contributed by atoms with Gasteiger partial charge in [0, 0.05) is 24.2 Å². The number of carbonyl (C=O) groups is 2. The zero-order valence-corrected chi connectivity index (χ0v) is 15.8. The summed E-state index contributed by atoms with van der Waals surface area (Å²) < 4.78 is 6.78. The molecule has 0 radical (unpaired) electrons. The molecule has 3 rings (SSSR count). The van der Waals surface area contributed by atoms with Gasteiger partial charge in [0.15, 0.2) is 0 Å². The number of thioether (sulfide) groups is 1. The number of para-hydroxylation sites is 1. The number of fused-ring (bicyclic) bond motifs is 1. The van der Waals surface area contributed by atoms with Gasteiger partial charge in [0.1, 0.15) is 12.3 Å². The molecule has 5 N–H and O–H groups in total. The van der Waals surface area contributed by atoms with Crippen LogP contribution in [0, 0.1) is 0 Å². The fraction of sp³-hybridized carbons (Fsp3) is 0.375. The van der Waals surface area contributed by atoms with Gasteiger partial charge in [-0.25, -0.2) is 9.48 Å². The SMILES string of the molecule is NCCSCc1cn(CC(=O)NC2Cc3cccc(C(=O)O)c3OB2O)nn1. The topological polar surface area (TPSA) is 153 Å². The lowest BCUT2D eigenvalue weighted by molar-refractivity contribution is -0.122. The third-order valence-corrected chi connectivity index (χ3v) is 5.12. The van der Waals surface area contributed by atoms with E-state index in [0.29, 0.717) is 17.9 Å². The van der Waals surface area contributed by atoms with E-state index in [9.17, 15) is 19.7 Å². The average Bonchev–Trinajstić information content (AvgIpc) is 3.09. The highest BCUT2D eigenvalue weighted by Gasteiger charge is 2.37. The Morgan fingerprint density at radius 1 is 1.46 bits per heavy atom. The monoisotopic (exact) mass is 405 g/mol. The second-order valence-electron chi connectivity index (χ2n) is 6.23. The average molecular weight is 405 g/mol. The Hall–Kier alpha value is -2.57. The van der Waals surface area contributed by atoms with Gasteiger partial charge in [0.2, 0.25) is 5.91 Å². The van der Waals surface area contributed by atoms with Crippen molar-refractivity contribution in [3.05, 3.63) is 41.2 Å². The maximum atomic E-state index is 12.3. The van der Waals surface area contributed by atoms with Gasteiger partial charge in [0.25, 0.3) is 0 Å². The van der Waals surface area contributed by atoms with Gasteiger partial charge in [-0.2, -0.15) is 11.8 Å². The number of carboxylic acids is 1. The maximum absolute atomic E-state index is 12.3. The summed E-state index contributed by atoms with van der Waals surface area (Å²) in [4.78, 5) is 23.6. The second kappa shape index (κ2) is 9.08. The first-order chi connectivity index (χ1) is 13.5. The summed E-state index contributed by atoms with van der Waals surface area (Å²) in [5.74, 6) is -0.597.